The summed E-state index contributed by atoms with van der Waals surface area (Å²) in [5.74, 6) is 1.18. The highest BCUT2D eigenvalue weighted by molar-refractivity contribution is 6.08. The zero-order chi connectivity index (χ0) is 23.6. The zero-order valence-electron chi connectivity index (χ0n) is 21.4. The predicted octanol–water partition coefficient (Wildman–Crippen LogP) is 5.90. The van der Waals surface area contributed by atoms with Crippen LogP contribution in [0.25, 0.3) is 10.9 Å². The topological polar surface area (TPSA) is 39.7 Å². The van der Waals surface area contributed by atoms with E-state index >= 15 is 0 Å². The zero-order valence-corrected chi connectivity index (χ0v) is 21.4. The van der Waals surface area contributed by atoms with E-state index in [9.17, 15) is 4.79 Å². The number of piperazine rings is 1. The Kier molecular flexibility index (Phi) is 9.98. The molecule has 5 nitrogen and oxygen atoms in total. The second kappa shape index (κ2) is 12.9. The van der Waals surface area contributed by atoms with E-state index in [1.807, 2.05) is 12.1 Å². The first-order valence-corrected chi connectivity index (χ1v) is 13.2. The molecule has 0 aliphatic carbocycles. The molecule has 0 spiro atoms. The van der Waals surface area contributed by atoms with Crippen LogP contribution < -0.4 is 4.90 Å². The first-order chi connectivity index (χ1) is 16.1. The van der Waals surface area contributed by atoms with Gasteiger partial charge in [0.05, 0.1) is 11.1 Å². The van der Waals surface area contributed by atoms with Crippen molar-refractivity contribution in [3.63, 3.8) is 0 Å². The molecule has 182 valence electrons. The largest absolute Gasteiger partial charge is 0.354 e. The van der Waals surface area contributed by atoms with E-state index in [-0.39, 0.29) is 5.91 Å². The Hall–Kier alpha value is -2.14. The molecule has 1 aliphatic heterocycles. The average molecular weight is 453 g/mol. The average Bonchev–Trinajstić information content (AvgIpc) is 2.83. The lowest BCUT2D eigenvalue weighted by atomic mass is 10.0. The summed E-state index contributed by atoms with van der Waals surface area (Å²) in [6.45, 7) is 12.2. The third-order valence-electron chi connectivity index (χ3n) is 6.98. The number of hydrogen-bond donors (Lipinski definition) is 0. The smallest absolute Gasteiger partial charge is 0.254 e. The molecular formula is C28H44N4O. The van der Waals surface area contributed by atoms with Gasteiger partial charge in [-0.2, -0.15) is 0 Å². The molecule has 5 heteroatoms. The van der Waals surface area contributed by atoms with Gasteiger partial charge in [-0.1, -0.05) is 70.6 Å². The van der Waals surface area contributed by atoms with Gasteiger partial charge >= 0.3 is 0 Å². The molecule has 0 atom stereocenters. The number of anilines is 1. The monoisotopic (exact) mass is 452 g/mol. The van der Waals surface area contributed by atoms with Crippen molar-refractivity contribution in [1.29, 1.82) is 0 Å². The van der Waals surface area contributed by atoms with E-state index in [1.165, 1.54) is 38.5 Å². The standard InChI is InChI=1S/C28H44N4O/c1-5-7-9-13-17-32(18-14-10-8-6-2)28(33)26-23(3)27(31-21-19-30(4)20-22-31)29-25-16-12-11-15-24(25)26/h11-12,15-16H,5-10,13-14,17-22H2,1-4H3. The van der Waals surface area contributed by atoms with Crippen molar-refractivity contribution in [3.05, 3.63) is 35.4 Å². The maximum Gasteiger partial charge on any atom is 0.254 e. The van der Waals surface area contributed by atoms with Gasteiger partial charge < -0.3 is 14.7 Å². The van der Waals surface area contributed by atoms with Gasteiger partial charge in [-0.05, 0) is 32.9 Å². The number of para-hydroxylation sites is 1. The summed E-state index contributed by atoms with van der Waals surface area (Å²) >= 11 is 0. The molecule has 2 heterocycles. The second-order valence-electron chi connectivity index (χ2n) is 9.66. The van der Waals surface area contributed by atoms with E-state index in [4.69, 9.17) is 4.98 Å². The van der Waals surface area contributed by atoms with E-state index < -0.39 is 0 Å². The molecule has 1 saturated heterocycles. The van der Waals surface area contributed by atoms with Gasteiger partial charge in [-0.15, -0.1) is 0 Å². The van der Waals surface area contributed by atoms with Gasteiger partial charge in [0.1, 0.15) is 5.82 Å². The summed E-state index contributed by atoms with van der Waals surface area (Å²) < 4.78 is 0. The number of fused-ring (bicyclic) bond motifs is 1. The van der Waals surface area contributed by atoms with Gasteiger partial charge in [0, 0.05) is 50.2 Å². The normalized spacial score (nSPS) is 14.7. The molecule has 33 heavy (non-hydrogen) atoms. The molecular weight excluding hydrogens is 408 g/mol. The molecule has 0 radical (unpaired) electrons. The molecule has 3 rings (SSSR count). The van der Waals surface area contributed by atoms with Crippen LogP contribution in [0.4, 0.5) is 5.82 Å². The fourth-order valence-electron chi connectivity index (χ4n) is 4.83. The van der Waals surface area contributed by atoms with E-state index in [0.29, 0.717) is 0 Å². The van der Waals surface area contributed by atoms with Crippen LogP contribution >= 0.6 is 0 Å². The number of amides is 1. The van der Waals surface area contributed by atoms with Crippen LogP contribution in [-0.4, -0.2) is 67.0 Å². The molecule has 0 N–H and O–H groups in total. The van der Waals surface area contributed by atoms with E-state index in [0.717, 1.165) is 80.0 Å². The molecule has 1 aromatic carbocycles. The number of hydrogen-bond acceptors (Lipinski definition) is 4. The second-order valence-corrected chi connectivity index (χ2v) is 9.66. The highest BCUT2D eigenvalue weighted by atomic mass is 16.2. The van der Waals surface area contributed by atoms with Gasteiger partial charge in [0.2, 0.25) is 0 Å². The fourth-order valence-corrected chi connectivity index (χ4v) is 4.83. The molecule has 2 aromatic rings. The van der Waals surface area contributed by atoms with Crippen molar-refractivity contribution in [3.8, 4) is 0 Å². The van der Waals surface area contributed by atoms with Crippen molar-refractivity contribution in [2.24, 2.45) is 0 Å². The van der Waals surface area contributed by atoms with E-state index in [2.05, 4.69) is 54.7 Å². The lowest BCUT2D eigenvalue weighted by molar-refractivity contribution is 0.0750. The SMILES string of the molecule is CCCCCCN(CCCCCC)C(=O)c1c(C)c(N2CCN(C)CC2)nc2ccccc12. The third kappa shape index (κ3) is 6.69. The fraction of sp³-hybridized carbons (Fsp3) is 0.643. The van der Waals surface area contributed by atoms with Crippen molar-refractivity contribution in [1.82, 2.24) is 14.8 Å². The molecule has 0 bridgehead atoms. The quantitative estimate of drug-likeness (QED) is 0.376. The van der Waals surface area contributed by atoms with Gasteiger partial charge in [0.15, 0.2) is 0 Å². The minimum Gasteiger partial charge on any atom is -0.354 e. The van der Waals surface area contributed by atoms with Crippen molar-refractivity contribution >= 4 is 22.6 Å². The van der Waals surface area contributed by atoms with Crippen LogP contribution in [-0.2, 0) is 0 Å². The summed E-state index contributed by atoms with van der Waals surface area (Å²) in [6, 6.07) is 8.18. The Morgan fingerprint density at radius 3 is 2.12 bits per heavy atom. The molecule has 1 aromatic heterocycles. The van der Waals surface area contributed by atoms with Gasteiger partial charge in [-0.3, -0.25) is 4.79 Å². The van der Waals surface area contributed by atoms with E-state index in [1.54, 1.807) is 0 Å². The number of carbonyl (C=O) groups is 1. The Labute approximate surface area is 201 Å². The number of nitrogens with zero attached hydrogens (tertiary/aromatic N) is 4. The number of rotatable bonds is 12. The number of aromatic nitrogens is 1. The Morgan fingerprint density at radius 2 is 1.52 bits per heavy atom. The first-order valence-electron chi connectivity index (χ1n) is 13.2. The predicted molar refractivity (Wildman–Crippen MR) is 140 cm³/mol. The molecule has 0 saturated carbocycles. The van der Waals surface area contributed by atoms with Crippen molar-refractivity contribution in [2.75, 3.05) is 51.2 Å². The van der Waals surface area contributed by atoms with Crippen molar-refractivity contribution < 1.29 is 4.79 Å². The van der Waals surface area contributed by atoms with Crippen LogP contribution in [0.2, 0.25) is 0 Å². The van der Waals surface area contributed by atoms with Crippen molar-refractivity contribution in [2.45, 2.75) is 72.1 Å². The van der Waals surface area contributed by atoms with Crippen LogP contribution in [0.1, 0.15) is 81.1 Å². The van der Waals surface area contributed by atoms with Crippen LogP contribution in [0.3, 0.4) is 0 Å². The Morgan fingerprint density at radius 1 is 0.909 bits per heavy atom. The van der Waals surface area contributed by atoms with Gasteiger partial charge in [-0.25, -0.2) is 4.98 Å². The first kappa shape index (κ1) is 25.5. The Balaban J connectivity index is 1.93. The maximum atomic E-state index is 14.1. The summed E-state index contributed by atoms with van der Waals surface area (Å²) in [4.78, 5) is 26.0. The van der Waals surface area contributed by atoms with Crippen LogP contribution in [0.15, 0.2) is 24.3 Å². The summed E-state index contributed by atoms with van der Waals surface area (Å²) in [5, 5.41) is 0.991. The highest BCUT2D eigenvalue weighted by Crippen LogP contribution is 2.30. The molecule has 0 unspecified atom stereocenters. The summed E-state index contributed by atoms with van der Waals surface area (Å²) in [6.07, 6.45) is 9.46. The maximum absolute atomic E-state index is 14.1. The number of likely N-dealkylation sites (N-methyl/N-ethyl adjacent to an activating group) is 1. The lowest BCUT2D eigenvalue weighted by Gasteiger charge is -2.35. The Bertz CT molecular complexity index is 877. The minimum atomic E-state index is 0.189. The molecule has 1 amide bonds. The number of benzene rings is 1. The summed E-state index contributed by atoms with van der Waals surface area (Å²) in [5.41, 5.74) is 2.83. The number of unbranched alkanes of at least 4 members (excludes halogenated alkanes) is 6. The minimum absolute atomic E-state index is 0.189. The lowest BCUT2D eigenvalue weighted by Crippen LogP contribution is -2.45. The van der Waals surface area contributed by atoms with Crippen LogP contribution in [0.5, 0.6) is 0 Å². The highest BCUT2D eigenvalue weighted by Gasteiger charge is 2.25. The number of pyridine rings is 1. The van der Waals surface area contributed by atoms with Crippen LogP contribution in [0, 0.1) is 6.92 Å². The molecule has 1 aliphatic rings. The third-order valence-corrected chi connectivity index (χ3v) is 6.98. The van der Waals surface area contributed by atoms with Gasteiger partial charge in [0.25, 0.3) is 5.91 Å². The summed E-state index contributed by atoms with van der Waals surface area (Å²) in [7, 11) is 2.17. The molecule has 1 fully saturated rings. The number of carbonyl (C=O) groups excluding carboxylic acids is 1.